The summed E-state index contributed by atoms with van der Waals surface area (Å²) in [6.07, 6.45) is 1.82. The van der Waals surface area contributed by atoms with Gasteiger partial charge in [0.25, 0.3) is 0 Å². The Bertz CT molecular complexity index is 1020. The van der Waals surface area contributed by atoms with E-state index in [1.165, 1.54) is 10.8 Å². The molecule has 4 rings (SSSR count). The summed E-state index contributed by atoms with van der Waals surface area (Å²) in [5.41, 5.74) is 3.96. The summed E-state index contributed by atoms with van der Waals surface area (Å²) in [5, 5.41) is 18.4. The Kier molecular flexibility index (Phi) is 8.87. The number of rotatable bonds is 0. The molecule has 3 nitrogen and oxygen atoms in total. The van der Waals surface area contributed by atoms with Crippen LogP contribution in [0.1, 0.15) is 16.7 Å². The van der Waals surface area contributed by atoms with Crippen LogP contribution in [0.25, 0.3) is 21.7 Å². The van der Waals surface area contributed by atoms with E-state index in [0.29, 0.717) is 0 Å². The minimum Gasteiger partial charge on any atom is -0.512 e. The molecule has 134 valence electrons. The average molecular weight is 531 g/mol. The molecule has 0 amide bonds. The Morgan fingerprint density at radius 2 is 1.52 bits per heavy atom. The molecule has 1 aromatic heterocycles. The third kappa shape index (κ3) is 5.24. The van der Waals surface area contributed by atoms with Crippen molar-refractivity contribution in [1.82, 2.24) is 4.98 Å². The summed E-state index contributed by atoms with van der Waals surface area (Å²) in [5.74, 6) is 0. The molecule has 0 saturated carbocycles. The summed E-state index contributed by atoms with van der Waals surface area (Å²) in [4.78, 5) is 4.38. The first-order chi connectivity index (χ1) is 12.7. The molecule has 1 heterocycles. The molecule has 0 bridgehead atoms. The van der Waals surface area contributed by atoms with E-state index < -0.39 is 0 Å². The summed E-state index contributed by atoms with van der Waals surface area (Å²) in [6.45, 7) is 8.65. The van der Waals surface area contributed by atoms with Crippen molar-refractivity contribution in [2.24, 2.45) is 0 Å². The van der Waals surface area contributed by atoms with Gasteiger partial charge in [-0.2, -0.15) is 5.26 Å². The van der Waals surface area contributed by atoms with Gasteiger partial charge >= 0.3 is 21.1 Å². The normalized spacial score (nSPS) is 9.00. The summed E-state index contributed by atoms with van der Waals surface area (Å²) in [6, 6.07) is 25.5. The monoisotopic (exact) mass is 531 g/mol. The predicted molar refractivity (Wildman–Crippen MR) is 104 cm³/mol. The van der Waals surface area contributed by atoms with Crippen molar-refractivity contribution in [1.29, 1.82) is 10.5 Å². The number of aryl methyl sites for hydroxylation is 2. The molecule has 0 aliphatic heterocycles. The number of benzene rings is 3. The molecule has 3 aromatic carbocycles. The van der Waals surface area contributed by atoms with Gasteiger partial charge in [-0.1, -0.05) is 36.4 Å². The van der Waals surface area contributed by atoms with Crippen LogP contribution in [0.3, 0.4) is 0 Å². The van der Waals surface area contributed by atoms with Crippen molar-refractivity contribution < 1.29 is 21.1 Å². The van der Waals surface area contributed by atoms with Gasteiger partial charge in [0.15, 0.2) is 0 Å². The molecule has 0 atom stereocenters. The van der Waals surface area contributed by atoms with Crippen molar-refractivity contribution in [3.05, 3.63) is 96.2 Å². The van der Waals surface area contributed by atoms with Gasteiger partial charge in [0.05, 0.1) is 11.6 Å². The SMILES string of the molecule is Cc1cccc(C)c1C#N.[13C-]#N.[Pt+2].[c-]1cccc2ccc3cccnc3c12. The molecule has 4 heteroatoms. The van der Waals surface area contributed by atoms with E-state index in [-0.39, 0.29) is 21.1 Å². The van der Waals surface area contributed by atoms with Crippen LogP contribution in [0.4, 0.5) is 0 Å². The molecule has 0 unspecified atom stereocenters. The number of nitriles is 1. The van der Waals surface area contributed by atoms with E-state index in [2.05, 4.69) is 41.4 Å². The maximum atomic E-state index is 8.65. The smallest absolute Gasteiger partial charge is 0.512 e. The van der Waals surface area contributed by atoms with Gasteiger partial charge in [0, 0.05) is 6.20 Å². The zero-order valence-electron chi connectivity index (χ0n) is 15.0. The average Bonchev–Trinajstić information content (AvgIpc) is 2.70. The molecule has 0 N–H and O–H groups in total. The molecule has 0 aliphatic carbocycles. The maximum absolute atomic E-state index is 8.65. The minimum atomic E-state index is 0. The second kappa shape index (κ2) is 10.9. The predicted octanol–water partition coefficient (Wildman–Crippen LogP) is 5.46. The molecule has 0 aliphatic rings. The van der Waals surface area contributed by atoms with Crippen LogP contribution in [0.2, 0.25) is 0 Å². The Morgan fingerprint density at radius 1 is 0.889 bits per heavy atom. The number of aromatic nitrogens is 1. The Labute approximate surface area is 174 Å². The Balaban J connectivity index is 0.000000251. The maximum Gasteiger partial charge on any atom is 2.00 e. The number of nitrogens with zero attached hydrogens (tertiary/aromatic N) is 3. The largest absolute Gasteiger partial charge is 2.00 e. The summed E-state index contributed by atoms with van der Waals surface area (Å²) < 4.78 is 0. The zero-order valence-corrected chi connectivity index (χ0v) is 17.3. The van der Waals surface area contributed by atoms with Crippen LogP contribution in [0.5, 0.6) is 0 Å². The van der Waals surface area contributed by atoms with Gasteiger partial charge < -0.3 is 16.8 Å². The van der Waals surface area contributed by atoms with Crippen molar-refractivity contribution >= 4 is 21.7 Å². The van der Waals surface area contributed by atoms with Gasteiger partial charge in [0.2, 0.25) is 0 Å². The number of fused-ring (bicyclic) bond motifs is 3. The minimum absolute atomic E-state index is 0. The van der Waals surface area contributed by atoms with Crippen LogP contribution < -0.4 is 0 Å². The van der Waals surface area contributed by atoms with Crippen LogP contribution in [-0.2, 0) is 21.1 Å². The van der Waals surface area contributed by atoms with Gasteiger partial charge in [-0.25, -0.2) is 0 Å². The molecular weight excluding hydrogens is 514 g/mol. The summed E-state index contributed by atoms with van der Waals surface area (Å²) in [7, 11) is 0. The number of pyridine rings is 1. The van der Waals surface area contributed by atoms with E-state index in [4.69, 9.17) is 17.1 Å². The van der Waals surface area contributed by atoms with Crippen LogP contribution in [0.15, 0.2) is 66.9 Å². The first-order valence-corrected chi connectivity index (χ1v) is 8.03. The van der Waals surface area contributed by atoms with Crippen LogP contribution in [-0.4, -0.2) is 4.98 Å². The Morgan fingerprint density at radius 3 is 2.15 bits per heavy atom. The molecular formula is C23H17N3Pt. The fourth-order valence-corrected chi connectivity index (χ4v) is 2.73. The third-order valence-corrected chi connectivity index (χ3v) is 4.00. The van der Waals surface area contributed by atoms with Crippen molar-refractivity contribution in [3.8, 4) is 6.07 Å². The van der Waals surface area contributed by atoms with E-state index in [1.807, 2.05) is 56.4 Å². The van der Waals surface area contributed by atoms with E-state index in [9.17, 15) is 0 Å². The molecule has 4 aromatic rings. The van der Waals surface area contributed by atoms with E-state index in [0.717, 1.165) is 27.6 Å². The van der Waals surface area contributed by atoms with Crippen LogP contribution >= 0.6 is 0 Å². The first kappa shape index (κ1) is 22.0. The zero-order chi connectivity index (χ0) is 18.9. The quantitative estimate of drug-likeness (QED) is 0.172. The standard InChI is InChI=1S/C13H8N.C9H9N.CN.Pt/c1-2-6-12-10(4-1)7-8-11-5-3-9-14-13(11)12;1-7-4-3-5-8(2)9(7)6-10;1-2;/h1-5,7-9H;3-5H,1-2H3;;/q-1;;-1;+2/i;;1+1;. The fraction of sp³-hybridized carbons (Fsp3) is 0.0870. The second-order valence-corrected chi connectivity index (χ2v) is 5.65. The number of hydrogen-bond acceptors (Lipinski definition) is 3. The van der Waals surface area contributed by atoms with Gasteiger partial charge in [0.1, 0.15) is 0 Å². The molecule has 27 heavy (non-hydrogen) atoms. The molecule has 0 spiro atoms. The van der Waals surface area contributed by atoms with E-state index in [1.54, 1.807) is 0 Å². The third-order valence-electron chi connectivity index (χ3n) is 4.00. The van der Waals surface area contributed by atoms with Crippen LogP contribution in [0, 0.1) is 43.1 Å². The first-order valence-electron chi connectivity index (χ1n) is 8.03. The van der Waals surface area contributed by atoms with Gasteiger partial charge in [-0.3, -0.25) is 0 Å². The van der Waals surface area contributed by atoms with E-state index >= 15 is 0 Å². The fourth-order valence-electron chi connectivity index (χ4n) is 2.73. The van der Waals surface area contributed by atoms with Crippen molar-refractivity contribution in [2.75, 3.05) is 0 Å². The second-order valence-electron chi connectivity index (χ2n) is 5.65. The van der Waals surface area contributed by atoms with Gasteiger partial charge in [-0.05, 0) is 41.9 Å². The van der Waals surface area contributed by atoms with Crippen molar-refractivity contribution in [2.45, 2.75) is 13.8 Å². The van der Waals surface area contributed by atoms with Crippen molar-refractivity contribution in [3.63, 3.8) is 0 Å². The molecule has 0 radical (unpaired) electrons. The molecule has 0 saturated heterocycles. The van der Waals surface area contributed by atoms with Gasteiger partial charge in [-0.15, -0.1) is 35.0 Å². The topological polar surface area (TPSA) is 60.5 Å². The Hall–Kier alpha value is -3.00. The number of hydrogen-bond donors (Lipinski definition) is 0. The molecule has 0 fully saturated rings. The summed E-state index contributed by atoms with van der Waals surface area (Å²) >= 11 is 0.